The molecule has 2 aromatic carbocycles. The standard InChI is InChI=1S/C19H24Br2N2O2.2ClH/c1-14(24)11-22-7-8-23-12-16-9-17(20)19(18(21)10-16)25-13-15-5-3-2-4-6-15;;/h2-6,9-10,14,22-24H,7-8,11-13H2,1H3;2*1H. The molecule has 0 heterocycles. The third kappa shape index (κ3) is 10.1. The first-order valence-corrected chi connectivity index (χ1v) is 9.89. The zero-order valence-corrected chi connectivity index (χ0v) is 19.9. The summed E-state index contributed by atoms with van der Waals surface area (Å²) in [5, 5.41) is 15.8. The second kappa shape index (κ2) is 14.6. The van der Waals surface area contributed by atoms with E-state index in [-0.39, 0.29) is 30.9 Å². The Morgan fingerprint density at radius 2 is 1.56 bits per heavy atom. The highest BCUT2D eigenvalue weighted by Gasteiger charge is 2.09. The zero-order chi connectivity index (χ0) is 18.1. The molecule has 2 rings (SSSR count). The Hall–Kier alpha value is -0.340. The summed E-state index contributed by atoms with van der Waals surface area (Å²) >= 11 is 7.20. The second-order valence-corrected chi connectivity index (χ2v) is 7.60. The Labute approximate surface area is 190 Å². The minimum Gasteiger partial charge on any atom is -0.487 e. The van der Waals surface area contributed by atoms with Crippen molar-refractivity contribution >= 4 is 56.7 Å². The van der Waals surface area contributed by atoms with Gasteiger partial charge in [0.2, 0.25) is 0 Å². The fourth-order valence-electron chi connectivity index (χ4n) is 2.30. The summed E-state index contributed by atoms with van der Waals surface area (Å²) in [4.78, 5) is 0. The topological polar surface area (TPSA) is 53.5 Å². The van der Waals surface area contributed by atoms with E-state index in [4.69, 9.17) is 4.74 Å². The largest absolute Gasteiger partial charge is 0.487 e. The van der Waals surface area contributed by atoms with Crippen LogP contribution in [0.2, 0.25) is 0 Å². The van der Waals surface area contributed by atoms with Gasteiger partial charge in [-0.25, -0.2) is 0 Å². The second-order valence-electron chi connectivity index (χ2n) is 5.89. The van der Waals surface area contributed by atoms with Crippen LogP contribution in [0, 0.1) is 0 Å². The lowest BCUT2D eigenvalue weighted by Crippen LogP contribution is -2.31. The summed E-state index contributed by atoms with van der Waals surface area (Å²) in [6.45, 7) is 5.36. The average molecular weight is 545 g/mol. The third-order valence-corrected chi connectivity index (χ3v) is 4.71. The highest BCUT2D eigenvalue weighted by atomic mass is 79.9. The molecule has 1 atom stereocenters. The molecular formula is C19H26Br2Cl2N2O2. The molecule has 0 bridgehead atoms. The van der Waals surface area contributed by atoms with Crippen molar-refractivity contribution in [3.8, 4) is 5.75 Å². The highest BCUT2D eigenvalue weighted by molar-refractivity contribution is 9.11. The van der Waals surface area contributed by atoms with E-state index in [2.05, 4.69) is 54.6 Å². The lowest BCUT2D eigenvalue weighted by molar-refractivity contribution is 0.191. The van der Waals surface area contributed by atoms with Crippen LogP contribution in [0.5, 0.6) is 5.75 Å². The third-order valence-electron chi connectivity index (χ3n) is 3.53. The first kappa shape index (κ1) is 26.7. The van der Waals surface area contributed by atoms with Crippen molar-refractivity contribution in [3.05, 3.63) is 62.5 Å². The van der Waals surface area contributed by atoms with Crippen molar-refractivity contribution < 1.29 is 9.84 Å². The molecule has 3 N–H and O–H groups in total. The molecule has 27 heavy (non-hydrogen) atoms. The van der Waals surface area contributed by atoms with Gasteiger partial charge in [0.25, 0.3) is 0 Å². The van der Waals surface area contributed by atoms with Crippen molar-refractivity contribution in [1.29, 1.82) is 0 Å². The molecule has 0 aliphatic carbocycles. The van der Waals surface area contributed by atoms with Gasteiger partial charge in [-0.3, -0.25) is 0 Å². The monoisotopic (exact) mass is 542 g/mol. The molecule has 2 aromatic rings. The molecule has 0 aliphatic heterocycles. The molecule has 0 radical (unpaired) electrons. The maximum Gasteiger partial charge on any atom is 0.148 e. The SMILES string of the molecule is CC(O)CNCCNCc1cc(Br)c(OCc2ccccc2)c(Br)c1.Cl.Cl. The smallest absolute Gasteiger partial charge is 0.148 e. The lowest BCUT2D eigenvalue weighted by atomic mass is 10.2. The van der Waals surface area contributed by atoms with E-state index in [9.17, 15) is 5.11 Å². The maximum atomic E-state index is 9.19. The number of ether oxygens (including phenoxy) is 1. The van der Waals surface area contributed by atoms with Crippen LogP contribution in [-0.4, -0.2) is 30.8 Å². The highest BCUT2D eigenvalue weighted by Crippen LogP contribution is 2.35. The maximum absolute atomic E-state index is 9.19. The van der Waals surface area contributed by atoms with Gasteiger partial charge in [0.05, 0.1) is 15.0 Å². The number of hydrogen-bond acceptors (Lipinski definition) is 4. The van der Waals surface area contributed by atoms with E-state index in [0.29, 0.717) is 13.2 Å². The molecule has 152 valence electrons. The van der Waals surface area contributed by atoms with Crippen LogP contribution in [0.4, 0.5) is 0 Å². The molecule has 0 aliphatic rings. The van der Waals surface area contributed by atoms with Crippen molar-refractivity contribution in [2.24, 2.45) is 0 Å². The number of rotatable bonds is 10. The molecular weight excluding hydrogens is 519 g/mol. The molecule has 1 unspecified atom stereocenters. The number of halogens is 4. The predicted octanol–water partition coefficient (Wildman–Crippen LogP) is 4.69. The Balaban J connectivity index is 0.00000338. The number of hydrogen-bond donors (Lipinski definition) is 3. The summed E-state index contributed by atoms with van der Waals surface area (Å²) in [6.07, 6.45) is -0.310. The molecule has 8 heteroatoms. The zero-order valence-electron chi connectivity index (χ0n) is 15.1. The van der Waals surface area contributed by atoms with E-state index in [1.807, 2.05) is 30.3 Å². The Kier molecular flexibility index (Phi) is 14.4. The average Bonchev–Trinajstić information content (AvgIpc) is 2.58. The number of aliphatic hydroxyl groups is 1. The van der Waals surface area contributed by atoms with Gasteiger partial charge in [-0.1, -0.05) is 30.3 Å². The summed E-state index contributed by atoms with van der Waals surface area (Å²) in [7, 11) is 0. The van der Waals surface area contributed by atoms with Gasteiger partial charge in [-0.05, 0) is 62.0 Å². The van der Waals surface area contributed by atoms with E-state index in [1.54, 1.807) is 6.92 Å². The van der Waals surface area contributed by atoms with Crippen molar-refractivity contribution in [2.75, 3.05) is 19.6 Å². The van der Waals surface area contributed by atoms with Gasteiger partial charge in [-0.2, -0.15) is 0 Å². The Morgan fingerprint density at radius 3 is 2.15 bits per heavy atom. The Bertz CT molecular complexity index is 638. The minimum absolute atomic E-state index is 0. The molecule has 0 spiro atoms. The quantitative estimate of drug-likeness (QED) is 0.380. The predicted molar refractivity (Wildman–Crippen MR) is 123 cm³/mol. The number of aliphatic hydroxyl groups excluding tert-OH is 1. The summed E-state index contributed by atoms with van der Waals surface area (Å²) in [6, 6.07) is 14.2. The van der Waals surface area contributed by atoms with E-state index in [1.165, 1.54) is 5.56 Å². The fourth-order valence-corrected chi connectivity index (χ4v) is 3.81. The van der Waals surface area contributed by atoms with Crippen LogP contribution >= 0.6 is 56.7 Å². The first-order chi connectivity index (χ1) is 12.1. The molecule has 0 fully saturated rings. The normalized spacial score (nSPS) is 11.3. The van der Waals surface area contributed by atoms with Crippen LogP contribution in [-0.2, 0) is 13.2 Å². The molecule has 4 nitrogen and oxygen atoms in total. The van der Waals surface area contributed by atoms with Crippen LogP contribution in [0.1, 0.15) is 18.1 Å². The summed E-state index contributed by atoms with van der Waals surface area (Å²) in [5.41, 5.74) is 2.30. The van der Waals surface area contributed by atoms with Crippen LogP contribution < -0.4 is 15.4 Å². The van der Waals surface area contributed by atoms with Gasteiger partial charge in [0, 0.05) is 26.2 Å². The van der Waals surface area contributed by atoms with E-state index in [0.717, 1.165) is 39.9 Å². The number of benzene rings is 2. The molecule has 0 amide bonds. The summed E-state index contributed by atoms with van der Waals surface area (Å²) in [5.74, 6) is 0.811. The van der Waals surface area contributed by atoms with Crippen LogP contribution in [0.15, 0.2) is 51.4 Å². The van der Waals surface area contributed by atoms with Crippen LogP contribution in [0.3, 0.4) is 0 Å². The van der Waals surface area contributed by atoms with Gasteiger partial charge in [0.1, 0.15) is 12.4 Å². The number of nitrogens with one attached hydrogen (secondary N) is 2. The fraction of sp³-hybridized carbons (Fsp3) is 0.368. The molecule has 0 aromatic heterocycles. The van der Waals surface area contributed by atoms with Crippen molar-refractivity contribution in [2.45, 2.75) is 26.2 Å². The lowest BCUT2D eigenvalue weighted by Gasteiger charge is -2.13. The van der Waals surface area contributed by atoms with E-state index >= 15 is 0 Å². The van der Waals surface area contributed by atoms with Crippen molar-refractivity contribution in [1.82, 2.24) is 10.6 Å². The Morgan fingerprint density at radius 1 is 0.963 bits per heavy atom. The van der Waals surface area contributed by atoms with Crippen molar-refractivity contribution in [3.63, 3.8) is 0 Å². The molecule has 0 saturated heterocycles. The van der Waals surface area contributed by atoms with Crippen LogP contribution in [0.25, 0.3) is 0 Å². The molecule has 0 saturated carbocycles. The van der Waals surface area contributed by atoms with Gasteiger partial charge in [-0.15, -0.1) is 24.8 Å². The van der Waals surface area contributed by atoms with Gasteiger partial charge < -0.3 is 20.5 Å². The summed E-state index contributed by atoms with van der Waals surface area (Å²) < 4.78 is 7.81. The van der Waals surface area contributed by atoms with Gasteiger partial charge >= 0.3 is 0 Å². The minimum atomic E-state index is -0.310. The first-order valence-electron chi connectivity index (χ1n) is 8.30. The van der Waals surface area contributed by atoms with E-state index < -0.39 is 0 Å². The van der Waals surface area contributed by atoms with Gasteiger partial charge in [0.15, 0.2) is 0 Å².